The van der Waals surface area contributed by atoms with Crippen LogP contribution < -0.4 is 5.32 Å². The second kappa shape index (κ2) is 7.00. The molecule has 0 aliphatic heterocycles. The molecular formula is C18H29N5O2. The zero-order chi connectivity index (χ0) is 18.9. The summed E-state index contributed by atoms with van der Waals surface area (Å²) in [5.74, 6) is 0.861. The van der Waals surface area contributed by atoms with Gasteiger partial charge in [0.05, 0.1) is 17.6 Å². The van der Waals surface area contributed by atoms with Crippen molar-refractivity contribution in [3.05, 3.63) is 34.7 Å². The van der Waals surface area contributed by atoms with E-state index in [-0.39, 0.29) is 5.91 Å². The SMILES string of the molecule is Cc1cc(C(=O)NC(C)(C)c2noc(CN(C)C)n2)c(C)n1C(C)C. The van der Waals surface area contributed by atoms with Crippen molar-refractivity contribution < 1.29 is 9.32 Å². The molecule has 2 aromatic rings. The molecule has 0 fully saturated rings. The Morgan fingerprint density at radius 3 is 2.52 bits per heavy atom. The summed E-state index contributed by atoms with van der Waals surface area (Å²) in [6, 6.07) is 2.23. The van der Waals surface area contributed by atoms with Gasteiger partial charge in [0.25, 0.3) is 5.91 Å². The Kier molecular flexibility index (Phi) is 5.37. The van der Waals surface area contributed by atoms with Crippen LogP contribution in [0.5, 0.6) is 0 Å². The van der Waals surface area contributed by atoms with E-state index in [2.05, 4.69) is 33.9 Å². The van der Waals surface area contributed by atoms with Crippen molar-refractivity contribution in [1.29, 1.82) is 0 Å². The molecule has 0 aromatic carbocycles. The van der Waals surface area contributed by atoms with Gasteiger partial charge >= 0.3 is 0 Å². The van der Waals surface area contributed by atoms with Gasteiger partial charge in [0.2, 0.25) is 5.89 Å². The molecule has 7 heteroatoms. The summed E-state index contributed by atoms with van der Waals surface area (Å²) in [5.41, 5.74) is 1.98. The van der Waals surface area contributed by atoms with Gasteiger partial charge in [0.15, 0.2) is 5.82 Å². The predicted octanol–water partition coefficient (Wildman–Crippen LogP) is 2.80. The molecule has 7 nitrogen and oxygen atoms in total. The molecule has 0 bridgehead atoms. The Balaban J connectivity index is 2.21. The van der Waals surface area contributed by atoms with E-state index in [0.717, 1.165) is 11.4 Å². The molecule has 1 amide bonds. The lowest BCUT2D eigenvalue weighted by Gasteiger charge is -2.22. The van der Waals surface area contributed by atoms with Crippen LogP contribution in [0.25, 0.3) is 0 Å². The quantitative estimate of drug-likeness (QED) is 0.869. The van der Waals surface area contributed by atoms with Crippen molar-refractivity contribution in [3.63, 3.8) is 0 Å². The van der Waals surface area contributed by atoms with E-state index in [9.17, 15) is 4.79 Å². The lowest BCUT2D eigenvalue weighted by molar-refractivity contribution is 0.0906. The Morgan fingerprint density at radius 2 is 2.00 bits per heavy atom. The molecule has 0 unspecified atom stereocenters. The van der Waals surface area contributed by atoms with Gasteiger partial charge < -0.3 is 19.3 Å². The molecule has 0 spiro atoms. The fourth-order valence-corrected chi connectivity index (χ4v) is 3.05. The number of nitrogens with one attached hydrogen (secondary N) is 1. The first-order chi connectivity index (χ1) is 11.5. The molecular weight excluding hydrogens is 318 g/mol. The van der Waals surface area contributed by atoms with Gasteiger partial charge in [-0.1, -0.05) is 5.16 Å². The van der Waals surface area contributed by atoms with E-state index in [1.54, 1.807) is 0 Å². The zero-order valence-corrected chi connectivity index (χ0v) is 16.5. The highest BCUT2D eigenvalue weighted by molar-refractivity contribution is 5.96. The van der Waals surface area contributed by atoms with Gasteiger partial charge in [-0.15, -0.1) is 0 Å². The van der Waals surface area contributed by atoms with Crippen LogP contribution in [0.4, 0.5) is 0 Å². The van der Waals surface area contributed by atoms with Crippen molar-refractivity contribution in [2.75, 3.05) is 14.1 Å². The van der Waals surface area contributed by atoms with Crippen LogP contribution in [0, 0.1) is 13.8 Å². The Labute approximate surface area is 149 Å². The topological polar surface area (TPSA) is 76.2 Å². The van der Waals surface area contributed by atoms with E-state index in [4.69, 9.17) is 4.52 Å². The summed E-state index contributed by atoms with van der Waals surface area (Å²) in [4.78, 5) is 19.2. The molecule has 2 aromatic heterocycles. The van der Waals surface area contributed by atoms with Crippen molar-refractivity contribution in [3.8, 4) is 0 Å². The van der Waals surface area contributed by atoms with Gasteiger partial charge in [-0.2, -0.15) is 4.98 Å². The average Bonchev–Trinajstić information content (AvgIpc) is 3.02. The average molecular weight is 347 g/mol. The summed E-state index contributed by atoms with van der Waals surface area (Å²) in [7, 11) is 3.86. The zero-order valence-electron chi connectivity index (χ0n) is 16.5. The maximum atomic E-state index is 12.8. The highest BCUT2D eigenvalue weighted by atomic mass is 16.5. The maximum Gasteiger partial charge on any atom is 0.253 e. The van der Waals surface area contributed by atoms with Crippen LogP contribution in [-0.2, 0) is 12.1 Å². The van der Waals surface area contributed by atoms with E-state index in [1.807, 2.05) is 52.8 Å². The predicted molar refractivity (Wildman–Crippen MR) is 96.5 cm³/mol. The third-order valence-electron chi connectivity index (χ3n) is 4.15. The summed E-state index contributed by atoms with van der Waals surface area (Å²) >= 11 is 0. The molecule has 0 saturated carbocycles. The van der Waals surface area contributed by atoms with Crippen molar-refractivity contribution in [1.82, 2.24) is 24.9 Å². The van der Waals surface area contributed by atoms with Gasteiger partial charge in [0.1, 0.15) is 0 Å². The molecule has 0 radical (unpaired) electrons. The minimum Gasteiger partial charge on any atom is -0.346 e. The van der Waals surface area contributed by atoms with Crippen LogP contribution in [0.1, 0.15) is 67.2 Å². The molecule has 138 valence electrons. The largest absolute Gasteiger partial charge is 0.346 e. The molecule has 1 N–H and O–H groups in total. The molecule has 0 atom stereocenters. The highest BCUT2D eigenvalue weighted by Crippen LogP contribution is 2.23. The van der Waals surface area contributed by atoms with Crippen LogP contribution in [0.2, 0.25) is 0 Å². The summed E-state index contributed by atoms with van der Waals surface area (Å²) < 4.78 is 7.43. The van der Waals surface area contributed by atoms with E-state index < -0.39 is 5.54 Å². The molecule has 25 heavy (non-hydrogen) atoms. The monoisotopic (exact) mass is 347 g/mol. The number of carbonyl (C=O) groups is 1. The van der Waals surface area contributed by atoms with E-state index >= 15 is 0 Å². The minimum atomic E-state index is -0.731. The highest BCUT2D eigenvalue weighted by Gasteiger charge is 2.30. The second-order valence-corrected chi connectivity index (χ2v) is 7.58. The first kappa shape index (κ1) is 19.2. The first-order valence-electron chi connectivity index (χ1n) is 8.51. The second-order valence-electron chi connectivity index (χ2n) is 7.58. The number of hydrogen-bond donors (Lipinski definition) is 1. The lowest BCUT2D eigenvalue weighted by atomic mass is 10.0. The molecule has 0 aliphatic rings. The summed E-state index contributed by atoms with van der Waals surface area (Å²) in [6.45, 7) is 12.5. The third kappa shape index (κ3) is 4.10. The van der Waals surface area contributed by atoms with Gasteiger partial charge in [0, 0.05) is 17.4 Å². The Morgan fingerprint density at radius 1 is 1.36 bits per heavy atom. The Bertz CT molecular complexity index is 756. The van der Waals surface area contributed by atoms with Crippen LogP contribution >= 0.6 is 0 Å². The van der Waals surface area contributed by atoms with E-state index in [1.165, 1.54) is 0 Å². The van der Waals surface area contributed by atoms with Gasteiger partial charge in [-0.3, -0.25) is 4.79 Å². The Hall–Kier alpha value is -2.15. The molecule has 0 aliphatic carbocycles. The lowest BCUT2D eigenvalue weighted by Crippen LogP contribution is -2.42. The number of hydrogen-bond acceptors (Lipinski definition) is 5. The number of carbonyl (C=O) groups excluding carboxylic acids is 1. The minimum absolute atomic E-state index is 0.135. The van der Waals surface area contributed by atoms with Crippen LogP contribution in [0.3, 0.4) is 0 Å². The molecule has 0 saturated heterocycles. The van der Waals surface area contributed by atoms with Crippen molar-refractivity contribution in [2.45, 2.75) is 59.7 Å². The summed E-state index contributed by atoms with van der Waals surface area (Å²) in [5, 5.41) is 7.05. The molecule has 2 heterocycles. The number of aromatic nitrogens is 3. The smallest absolute Gasteiger partial charge is 0.253 e. The fourth-order valence-electron chi connectivity index (χ4n) is 3.05. The summed E-state index contributed by atoms with van der Waals surface area (Å²) in [6.07, 6.45) is 0. The number of amides is 1. The van der Waals surface area contributed by atoms with Crippen molar-refractivity contribution >= 4 is 5.91 Å². The number of aryl methyl sites for hydroxylation is 1. The van der Waals surface area contributed by atoms with Crippen molar-refractivity contribution in [2.24, 2.45) is 0 Å². The molecule has 2 rings (SSSR count). The maximum absolute atomic E-state index is 12.8. The van der Waals surface area contributed by atoms with E-state index in [0.29, 0.717) is 29.9 Å². The van der Waals surface area contributed by atoms with Gasteiger partial charge in [-0.05, 0) is 61.7 Å². The number of nitrogens with zero attached hydrogens (tertiary/aromatic N) is 4. The van der Waals surface area contributed by atoms with Gasteiger partial charge in [-0.25, -0.2) is 0 Å². The third-order valence-corrected chi connectivity index (χ3v) is 4.15. The van der Waals surface area contributed by atoms with Crippen LogP contribution in [0.15, 0.2) is 10.6 Å². The normalized spacial score (nSPS) is 12.2. The standard InChI is InChI=1S/C18H29N5O2/c1-11(2)23-12(3)9-14(13(23)4)16(24)20-18(5,6)17-19-15(25-21-17)10-22(7)8/h9,11H,10H2,1-8H3,(H,20,24). The number of rotatable bonds is 6. The fraction of sp³-hybridized carbons (Fsp3) is 0.611. The van der Waals surface area contributed by atoms with Crippen LogP contribution in [-0.4, -0.2) is 39.6 Å². The first-order valence-corrected chi connectivity index (χ1v) is 8.51.